The number of hydrogen-bond acceptors (Lipinski definition) is 0. The number of aromatic nitrogens is 2. The van der Waals surface area contributed by atoms with E-state index in [0.717, 1.165) is 0 Å². The van der Waals surface area contributed by atoms with E-state index in [1.807, 2.05) is 12.4 Å². The van der Waals surface area contributed by atoms with Gasteiger partial charge in [0.15, 0.2) is 0 Å². The molecule has 2 heteroatoms. The Kier molecular flexibility index (Phi) is 1.83. The van der Waals surface area contributed by atoms with Gasteiger partial charge in [0.25, 0.3) is 5.65 Å². The topological polar surface area (TPSA) is 19.9 Å². The van der Waals surface area contributed by atoms with E-state index in [1.165, 1.54) is 16.8 Å². The minimum absolute atomic E-state index is 0.563. The molecule has 0 bridgehead atoms. The third kappa shape index (κ3) is 1.32. The van der Waals surface area contributed by atoms with Crippen LogP contribution in [0.15, 0.2) is 24.7 Å². The molecule has 0 spiro atoms. The number of aromatic amines is 1. The molecule has 0 aliphatic rings. The SMILES string of the molecule is Cc1cc(C(C)C)c2[nH]cc[n+]2c1. The summed E-state index contributed by atoms with van der Waals surface area (Å²) < 4.78 is 2.14. The first-order chi connectivity index (χ1) is 6.18. The van der Waals surface area contributed by atoms with Crippen molar-refractivity contribution < 1.29 is 4.40 Å². The molecule has 0 unspecified atom stereocenters. The summed E-state index contributed by atoms with van der Waals surface area (Å²) in [6.45, 7) is 6.57. The van der Waals surface area contributed by atoms with Gasteiger partial charge in [0.05, 0.1) is 6.20 Å². The molecule has 2 aromatic rings. The van der Waals surface area contributed by atoms with Gasteiger partial charge in [-0.1, -0.05) is 13.8 Å². The van der Waals surface area contributed by atoms with E-state index in [1.54, 1.807) is 0 Å². The van der Waals surface area contributed by atoms with Gasteiger partial charge in [0.1, 0.15) is 12.4 Å². The fourth-order valence-corrected chi connectivity index (χ4v) is 1.70. The van der Waals surface area contributed by atoms with Crippen molar-refractivity contribution in [2.45, 2.75) is 26.7 Å². The lowest BCUT2D eigenvalue weighted by Crippen LogP contribution is -2.20. The van der Waals surface area contributed by atoms with E-state index < -0.39 is 0 Å². The van der Waals surface area contributed by atoms with Crippen LogP contribution < -0.4 is 4.40 Å². The lowest BCUT2D eigenvalue weighted by Gasteiger charge is -2.03. The average molecular weight is 175 g/mol. The third-order valence-electron chi connectivity index (χ3n) is 2.33. The highest BCUT2D eigenvalue weighted by atomic mass is 15.0. The van der Waals surface area contributed by atoms with Gasteiger partial charge in [0.2, 0.25) is 0 Å². The molecule has 68 valence electrons. The predicted molar refractivity (Wildman–Crippen MR) is 52.8 cm³/mol. The molecule has 2 aromatic heterocycles. The molecule has 0 aliphatic carbocycles. The lowest BCUT2D eigenvalue weighted by atomic mass is 10.0. The van der Waals surface area contributed by atoms with E-state index in [0.29, 0.717) is 5.92 Å². The monoisotopic (exact) mass is 175 g/mol. The second-order valence-corrected chi connectivity index (χ2v) is 3.84. The van der Waals surface area contributed by atoms with Gasteiger partial charge in [0, 0.05) is 5.56 Å². The van der Waals surface area contributed by atoms with Crippen LogP contribution in [0.3, 0.4) is 0 Å². The number of aryl methyl sites for hydroxylation is 1. The highest BCUT2D eigenvalue weighted by molar-refractivity contribution is 5.43. The van der Waals surface area contributed by atoms with E-state index in [4.69, 9.17) is 0 Å². The van der Waals surface area contributed by atoms with Crippen LogP contribution in [0.4, 0.5) is 0 Å². The van der Waals surface area contributed by atoms with Crippen molar-refractivity contribution in [3.8, 4) is 0 Å². The molecular formula is C11H15N2+. The summed E-state index contributed by atoms with van der Waals surface area (Å²) in [5, 5.41) is 0. The van der Waals surface area contributed by atoms with Crippen molar-refractivity contribution in [2.75, 3.05) is 0 Å². The summed E-state index contributed by atoms with van der Waals surface area (Å²) in [7, 11) is 0. The Labute approximate surface area is 78.2 Å². The normalized spacial score (nSPS) is 11.4. The molecule has 0 atom stereocenters. The van der Waals surface area contributed by atoms with Crippen molar-refractivity contribution in [2.24, 2.45) is 0 Å². The Hall–Kier alpha value is -1.31. The number of nitrogens with one attached hydrogen (secondary N) is 1. The number of H-pyrrole nitrogens is 1. The summed E-state index contributed by atoms with van der Waals surface area (Å²) >= 11 is 0. The van der Waals surface area contributed by atoms with Crippen LogP contribution in [0.5, 0.6) is 0 Å². The minimum Gasteiger partial charge on any atom is -0.243 e. The van der Waals surface area contributed by atoms with Gasteiger partial charge in [-0.05, 0) is 24.5 Å². The molecular weight excluding hydrogens is 160 g/mol. The molecule has 2 rings (SSSR count). The molecule has 2 nitrogen and oxygen atoms in total. The van der Waals surface area contributed by atoms with Gasteiger partial charge < -0.3 is 0 Å². The number of fused-ring (bicyclic) bond motifs is 1. The molecule has 0 aromatic carbocycles. The van der Waals surface area contributed by atoms with Crippen molar-refractivity contribution in [3.05, 3.63) is 35.8 Å². The highest BCUT2D eigenvalue weighted by Crippen LogP contribution is 2.17. The van der Waals surface area contributed by atoms with Crippen LogP contribution in [0, 0.1) is 6.92 Å². The average Bonchev–Trinajstić information content (AvgIpc) is 2.49. The van der Waals surface area contributed by atoms with Crippen LogP contribution in [0.1, 0.15) is 30.9 Å². The zero-order chi connectivity index (χ0) is 9.42. The summed E-state index contributed by atoms with van der Waals surface area (Å²) in [4.78, 5) is 3.26. The summed E-state index contributed by atoms with van der Waals surface area (Å²) in [5.41, 5.74) is 3.89. The third-order valence-corrected chi connectivity index (χ3v) is 2.33. The van der Waals surface area contributed by atoms with Crippen LogP contribution in [0.25, 0.3) is 5.65 Å². The Morgan fingerprint density at radius 1 is 1.38 bits per heavy atom. The Balaban J connectivity index is 2.77. The van der Waals surface area contributed by atoms with Gasteiger partial charge in [-0.3, -0.25) is 0 Å². The number of rotatable bonds is 1. The van der Waals surface area contributed by atoms with Crippen molar-refractivity contribution in [3.63, 3.8) is 0 Å². The van der Waals surface area contributed by atoms with E-state index in [2.05, 4.69) is 42.4 Å². The summed E-state index contributed by atoms with van der Waals surface area (Å²) in [6, 6.07) is 2.25. The second kappa shape index (κ2) is 2.87. The molecule has 0 aliphatic heterocycles. The maximum absolute atomic E-state index is 3.26. The maximum Gasteiger partial charge on any atom is 0.287 e. The zero-order valence-electron chi connectivity index (χ0n) is 8.33. The number of nitrogens with zero attached hydrogens (tertiary/aromatic N) is 1. The van der Waals surface area contributed by atoms with Gasteiger partial charge in [-0.25, -0.2) is 9.38 Å². The zero-order valence-corrected chi connectivity index (χ0v) is 8.33. The smallest absolute Gasteiger partial charge is 0.243 e. The Morgan fingerprint density at radius 2 is 2.15 bits per heavy atom. The molecule has 0 radical (unpaired) electrons. The Bertz CT molecular complexity index is 427. The Morgan fingerprint density at radius 3 is 2.85 bits per heavy atom. The van der Waals surface area contributed by atoms with Crippen molar-refractivity contribution in [1.29, 1.82) is 0 Å². The molecule has 0 amide bonds. The van der Waals surface area contributed by atoms with Gasteiger partial charge in [-0.2, -0.15) is 0 Å². The van der Waals surface area contributed by atoms with Crippen LogP contribution in [0.2, 0.25) is 0 Å². The molecule has 0 fully saturated rings. The van der Waals surface area contributed by atoms with Crippen LogP contribution >= 0.6 is 0 Å². The number of hydrogen-bond donors (Lipinski definition) is 1. The fourth-order valence-electron chi connectivity index (χ4n) is 1.70. The van der Waals surface area contributed by atoms with Gasteiger partial charge in [-0.15, -0.1) is 0 Å². The lowest BCUT2D eigenvalue weighted by molar-refractivity contribution is -0.510. The minimum atomic E-state index is 0.563. The summed E-state index contributed by atoms with van der Waals surface area (Å²) in [5.74, 6) is 0.563. The van der Waals surface area contributed by atoms with Crippen molar-refractivity contribution in [1.82, 2.24) is 4.98 Å². The molecule has 0 saturated heterocycles. The standard InChI is InChI=1S/C11H14N2/c1-8(2)10-6-9(3)7-13-5-4-12-11(10)13/h4-8H,1-3H3/p+1. The van der Waals surface area contributed by atoms with Crippen molar-refractivity contribution >= 4 is 5.65 Å². The van der Waals surface area contributed by atoms with E-state index in [9.17, 15) is 0 Å². The molecule has 0 saturated carbocycles. The maximum atomic E-state index is 3.26. The predicted octanol–water partition coefficient (Wildman–Crippen LogP) is 2.19. The first kappa shape index (κ1) is 8.30. The molecule has 13 heavy (non-hydrogen) atoms. The summed E-state index contributed by atoms with van der Waals surface area (Å²) in [6.07, 6.45) is 6.16. The molecule has 2 heterocycles. The van der Waals surface area contributed by atoms with Gasteiger partial charge >= 0.3 is 0 Å². The number of imidazole rings is 1. The van der Waals surface area contributed by atoms with E-state index >= 15 is 0 Å². The second-order valence-electron chi connectivity index (χ2n) is 3.84. The first-order valence-electron chi connectivity index (χ1n) is 4.67. The quantitative estimate of drug-likeness (QED) is 0.641. The molecule has 1 N–H and O–H groups in total. The largest absolute Gasteiger partial charge is 0.287 e. The number of pyridine rings is 1. The van der Waals surface area contributed by atoms with Crippen LogP contribution in [-0.2, 0) is 0 Å². The van der Waals surface area contributed by atoms with Crippen LogP contribution in [-0.4, -0.2) is 4.98 Å². The van der Waals surface area contributed by atoms with E-state index in [-0.39, 0.29) is 0 Å². The fraction of sp³-hybridized carbons (Fsp3) is 0.364. The first-order valence-corrected chi connectivity index (χ1v) is 4.67. The highest BCUT2D eigenvalue weighted by Gasteiger charge is 2.12.